The van der Waals surface area contributed by atoms with Crippen LogP contribution in [-0.4, -0.2) is 40.2 Å². The molecule has 1 heterocycles. The minimum atomic E-state index is -5.00. The molecule has 1 amide bonds. The third kappa shape index (κ3) is 3.82. The number of benzene rings is 1. The highest BCUT2D eigenvalue weighted by Crippen LogP contribution is 2.48. The highest BCUT2D eigenvalue weighted by Gasteiger charge is 2.68. The zero-order valence-corrected chi connectivity index (χ0v) is 16.8. The molecule has 2 aliphatic carbocycles. The number of amides is 1. The van der Waals surface area contributed by atoms with Gasteiger partial charge in [-0.1, -0.05) is 37.8 Å². The monoisotopic (exact) mass is 424 g/mol. The van der Waals surface area contributed by atoms with Crippen LogP contribution in [0.3, 0.4) is 0 Å². The van der Waals surface area contributed by atoms with Crippen molar-refractivity contribution in [3.05, 3.63) is 29.8 Å². The van der Waals surface area contributed by atoms with Crippen LogP contribution >= 0.6 is 0 Å². The highest BCUT2D eigenvalue weighted by molar-refractivity contribution is 5.93. The van der Waals surface area contributed by atoms with Crippen molar-refractivity contribution in [2.45, 2.75) is 75.6 Å². The molecular formula is C22H27F3N2O3. The largest absolute Gasteiger partial charge is 0.484 e. The Kier molecular flexibility index (Phi) is 5.79. The van der Waals surface area contributed by atoms with E-state index in [0.717, 1.165) is 12.8 Å². The molecule has 0 aromatic heterocycles. The summed E-state index contributed by atoms with van der Waals surface area (Å²) >= 11 is 0. The Morgan fingerprint density at radius 3 is 2.43 bits per heavy atom. The van der Waals surface area contributed by atoms with Crippen LogP contribution in [0.15, 0.2) is 29.4 Å². The zero-order valence-electron chi connectivity index (χ0n) is 16.8. The Bertz CT molecular complexity index is 803. The van der Waals surface area contributed by atoms with Crippen LogP contribution in [0.1, 0.15) is 69.3 Å². The number of halogens is 3. The summed E-state index contributed by atoms with van der Waals surface area (Å²) in [7, 11) is 0. The van der Waals surface area contributed by atoms with Crippen molar-refractivity contribution in [3.8, 4) is 5.75 Å². The topological polar surface area (TPSA) is 62.1 Å². The van der Waals surface area contributed by atoms with Crippen molar-refractivity contribution < 1.29 is 27.8 Å². The first-order chi connectivity index (χ1) is 14.3. The SMILES string of the molecule is O=C(COc1ccc(C2CCCCC2)cc1)N1N=C2CCCC[C@@H]2[C@@]1(O)C(F)(F)F. The quantitative estimate of drug-likeness (QED) is 0.759. The molecular weight excluding hydrogens is 397 g/mol. The van der Waals surface area contributed by atoms with Gasteiger partial charge in [-0.05, 0) is 55.7 Å². The average molecular weight is 424 g/mol. The van der Waals surface area contributed by atoms with E-state index in [1.165, 1.54) is 24.8 Å². The van der Waals surface area contributed by atoms with Gasteiger partial charge in [-0.15, -0.1) is 0 Å². The summed E-state index contributed by atoms with van der Waals surface area (Å²) in [5.41, 5.74) is -1.84. The third-order valence-electron chi connectivity index (χ3n) is 6.59. The fourth-order valence-corrected chi connectivity index (χ4v) is 4.94. The second-order valence-corrected chi connectivity index (χ2v) is 8.51. The first kappa shape index (κ1) is 21.2. The van der Waals surface area contributed by atoms with E-state index in [1.54, 1.807) is 12.1 Å². The van der Waals surface area contributed by atoms with Gasteiger partial charge in [0.2, 0.25) is 0 Å². The number of carbonyl (C=O) groups excluding carboxylic acids is 1. The van der Waals surface area contributed by atoms with E-state index >= 15 is 0 Å². The zero-order chi connectivity index (χ0) is 21.4. The Morgan fingerprint density at radius 2 is 1.77 bits per heavy atom. The van der Waals surface area contributed by atoms with Gasteiger partial charge in [-0.3, -0.25) is 4.79 Å². The van der Waals surface area contributed by atoms with E-state index in [2.05, 4.69) is 5.10 Å². The molecule has 2 fully saturated rings. The van der Waals surface area contributed by atoms with Gasteiger partial charge in [-0.25, -0.2) is 0 Å². The molecule has 0 spiro atoms. The van der Waals surface area contributed by atoms with E-state index in [4.69, 9.17) is 4.74 Å². The number of hydrogen-bond acceptors (Lipinski definition) is 4. The molecule has 4 rings (SSSR count). The summed E-state index contributed by atoms with van der Waals surface area (Å²) in [6.45, 7) is -0.620. The van der Waals surface area contributed by atoms with Gasteiger partial charge in [0, 0.05) is 5.71 Å². The van der Waals surface area contributed by atoms with E-state index in [0.29, 0.717) is 30.9 Å². The Hall–Kier alpha value is -2.09. The van der Waals surface area contributed by atoms with Gasteiger partial charge in [-0.2, -0.15) is 23.3 Å². The van der Waals surface area contributed by atoms with Crippen molar-refractivity contribution in [2.24, 2.45) is 11.0 Å². The molecule has 1 aliphatic heterocycles. The number of ether oxygens (including phenoxy) is 1. The molecule has 1 N–H and O–H groups in total. The number of aliphatic hydroxyl groups is 1. The van der Waals surface area contributed by atoms with E-state index < -0.39 is 30.3 Å². The summed E-state index contributed by atoms with van der Waals surface area (Å²) in [5.74, 6) is -1.28. The standard InChI is InChI=1S/C22H27F3N2O3/c23-22(24,25)21(29)18-8-4-5-9-19(18)26-27(21)20(28)14-30-17-12-10-16(11-13-17)15-6-2-1-3-7-15/h10-13,15,18,29H,1-9,14H2/t18-,21+/m0/s1. The maximum atomic E-state index is 13.8. The number of carbonyl (C=O) groups is 1. The molecule has 30 heavy (non-hydrogen) atoms. The van der Waals surface area contributed by atoms with Gasteiger partial charge in [0.1, 0.15) is 5.75 Å². The van der Waals surface area contributed by atoms with Crippen LogP contribution in [0.25, 0.3) is 0 Å². The summed E-state index contributed by atoms with van der Waals surface area (Å²) in [6.07, 6.45) is 2.80. The Morgan fingerprint density at radius 1 is 1.10 bits per heavy atom. The molecule has 0 bridgehead atoms. The van der Waals surface area contributed by atoms with Crippen LogP contribution in [0.4, 0.5) is 13.2 Å². The number of nitrogens with zero attached hydrogens (tertiary/aromatic N) is 2. The fourth-order valence-electron chi connectivity index (χ4n) is 4.94. The Balaban J connectivity index is 1.43. The molecule has 0 radical (unpaired) electrons. The lowest BCUT2D eigenvalue weighted by molar-refractivity contribution is -0.317. The van der Waals surface area contributed by atoms with Crippen molar-refractivity contribution in [3.63, 3.8) is 0 Å². The van der Waals surface area contributed by atoms with Crippen molar-refractivity contribution in [1.29, 1.82) is 0 Å². The van der Waals surface area contributed by atoms with Crippen molar-refractivity contribution in [2.75, 3.05) is 6.61 Å². The smallest absolute Gasteiger partial charge is 0.439 e. The molecule has 3 aliphatic rings. The van der Waals surface area contributed by atoms with E-state index in [1.807, 2.05) is 12.1 Å². The second kappa shape index (κ2) is 8.21. The highest BCUT2D eigenvalue weighted by atomic mass is 19.4. The molecule has 1 aromatic rings. The molecule has 2 saturated carbocycles. The lowest BCUT2D eigenvalue weighted by Crippen LogP contribution is -2.62. The predicted molar refractivity (Wildman–Crippen MR) is 105 cm³/mol. The average Bonchev–Trinajstić information content (AvgIpc) is 3.07. The normalized spacial score (nSPS) is 27.5. The van der Waals surface area contributed by atoms with Crippen LogP contribution in [-0.2, 0) is 4.79 Å². The Labute approximate surface area is 173 Å². The van der Waals surface area contributed by atoms with Gasteiger partial charge in [0.25, 0.3) is 11.6 Å². The molecule has 2 atom stereocenters. The lowest BCUT2D eigenvalue weighted by Gasteiger charge is -2.38. The first-order valence-corrected chi connectivity index (χ1v) is 10.7. The molecule has 164 valence electrons. The third-order valence-corrected chi connectivity index (χ3v) is 6.59. The number of alkyl halides is 3. The molecule has 1 aromatic carbocycles. The van der Waals surface area contributed by atoms with Crippen LogP contribution in [0.5, 0.6) is 5.75 Å². The summed E-state index contributed by atoms with van der Waals surface area (Å²) < 4.78 is 46.7. The lowest BCUT2D eigenvalue weighted by atomic mass is 9.80. The summed E-state index contributed by atoms with van der Waals surface area (Å²) in [6, 6.07) is 7.38. The van der Waals surface area contributed by atoms with Gasteiger partial charge in [0.05, 0.1) is 5.92 Å². The number of rotatable bonds is 4. The molecule has 0 saturated heterocycles. The second-order valence-electron chi connectivity index (χ2n) is 8.51. The van der Waals surface area contributed by atoms with Crippen molar-refractivity contribution in [1.82, 2.24) is 5.01 Å². The number of fused-ring (bicyclic) bond motifs is 1. The minimum Gasteiger partial charge on any atom is -0.484 e. The van der Waals surface area contributed by atoms with E-state index in [9.17, 15) is 23.1 Å². The van der Waals surface area contributed by atoms with Gasteiger partial charge >= 0.3 is 6.18 Å². The van der Waals surface area contributed by atoms with Crippen molar-refractivity contribution >= 4 is 11.6 Å². The maximum Gasteiger partial charge on any atom is 0.439 e. The number of hydrogen-bond donors (Lipinski definition) is 1. The predicted octanol–water partition coefficient (Wildman–Crippen LogP) is 4.75. The number of hydrazone groups is 1. The minimum absolute atomic E-state index is 0.155. The maximum absolute atomic E-state index is 13.8. The first-order valence-electron chi connectivity index (χ1n) is 10.7. The molecule has 0 unspecified atom stereocenters. The van der Waals surface area contributed by atoms with Gasteiger partial charge in [0.15, 0.2) is 6.61 Å². The molecule has 8 heteroatoms. The molecule has 5 nitrogen and oxygen atoms in total. The summed E-state index contributed by atoms with van der Waals surface area (Å²) in [5, 5.41) is 14.6. The van der Waals surface area contributed by atoms with Crippen LogP contribution in [0, 0.1) is 5.92 Å². The summed E-state index contributed by atoms with van der Waals surface area (Å²) in [4.78, 5) is 12.6. The fraction of sp³-hybridized carbons (Fsp3) is 0.636. The van der Waals surface area contributed by atoms with Crippen LogP contribution < -0.4 is 4.74 Å². The van der Waals surface area contributed by atoms with E-state index in [-0.39, 0.29) is 17.1 Å². The van der Waals surface area contributed by atoms with Crippen LogP contribution in [0.2, 0.25) is 0 Å². The van der Waals surface area contributed by atoms with Gasteiger partial charge < -0.3 is 9.84 Å².